The molecule has 0 aliphatic rings. The number of methoxy groups -OCH3 is 1. The molecule has 0 radical (unpaired) electrons. The van der Waals surface area contributed by atoms with Gasteiger partial charge in [-0.05, 0) is 18.6 Å². The Morgan fingerprint density at radius 2 is 2.10 bits per heavy atom. The van der Waals surface area contributed by atoms with Crippen molar-refractivity contribution in [2.24, 2.45) is 0 Å². The van der Waals surface area contributed by atoms with Crippen molar-refractivity contribution in [1.29, 1.82) is 0 Å². The van der Waals surface area contributed by atoms with E-state index in [1.807, 2.05) is 25.1 Å². The first-order valence-electron chi connectivity index (χ1n) is 3.05. The van der Waals surface area contributed by atoms with Crippen molar-refractivity contribution in [2.45, 2.75) is 6.92 Å². The minimum atomic E-state index is 0.669. The van der Waals surface area contributed by atoms with Crippen molar-refractivity contribution in [1.82, 2.24) is 0 Å². The molecule has 0 aliphatic heterocycles. The molecule has 10 heavy (non-hydrogen) atoms. The first-order valence-corrected chi connectivity index (χ1v) is 3.42. The van der Waals surface area contributed by atoms with Crippen LogP contribution in [0, 0.1) is 6.92 Å². The molecule has 1 nitrogen and oxygen atoms in total. The monoisotopic (exact) mass is 156 g/mol. The van der Waals surface area contributed by atoms with Crippen LogP contribution in [0.1, 0.15) is 5.56 Å². The Morgan fingerprint density at radius 1 is 1.40 bits per heavy atom. The lowest BCUT2D eigenvalue weighted by Crippen LogP contribution is -1.86. The molecule has 1 aromatic carbocycles. The molecule has 2 heteroatoms. The predicted octanol–water partition coefficient (Wildman–Crippen LogP) is 2.66. The van der Waals surface area contributed by atoms with Crippen LogP contribution in [0.5, 0.6) is 5.75 Å². The minimum absolute atomic E-state index is 0.669. The van der Waals surface area contributed by atoms with Crippen LogP contribution in [-0.2, 0) is 0 Å². The van der Waals surface area contributed by atoms with Crippen molar-refractivity contribution in [3.8, 4) is 5.75 Å². The zero-order chi connectivity index (χ0) is 7.56. The van der Waals surface area contributed by atoms with E-state index in [9.17, 15) is 0 Å². The molecule has 0 heterocycles. The van der Waals surface area contributed by atoms with E-state index in [-0.39, 0.29) is 0 Å². The smallest absolute Gasteiger partial charge is 0.140 e. The highest BCUT2D eigenvalue weighted by molar-refractivity contribution is 6.32. The number of aryl methyl sites for hydroxylation is 1. The van der Waals surface area contributed by atoms with E-state index < -0.39 is 0 Å². The van der Waals surface area contributed by atoms with Gasteiger partial charge in [0.15, 0.2) is 0 Å². The standard InChI is InChI=1S/C8H9ClO/c1-6-4-3-5-7(9)8(6)10-2/h3-5H,1-2H3. The third kappa shape index (κ3) is 1.24. The number of hydrogen-bond donors (Lipinski definition) is 0. The summed E-state index contributed by atoms with van der Waals surface area (Å²) >= 11 is 5.80. The largest absolute Gasteiger partial charge is 0.495 e. The molecule has 54 valence electrons. The number of ether oxygens (including phenoxy) is 1. The average molecular weight is 157 g/mol. The van der Waals surface area contributed by atoms with Crippen LogP contribution in [0.3, 0.4) is 0 Å². The molecule has 0 amide bonds. The highest BCUT2D eigenvalue weighted by Crippen LogP contribution is 2.26. The Bertz CT molecular complexity index is 212. The SMILES string of the molecule is COc1c(C)cccc1Cl. The molecule has 0 N–H and O–H groups in total. The van der Waals surface area contributed by atoms with Gasteiger partial charge in [-0.2, -0.15) is 0 Å². The number of hydrogen-bond acceptors (Lipinski definition) is 1. The van der Waals surface area contributed by atoms with Gasteiger partial charge in [0.2, 0.25) is 0 Å². The van der Waals surface area contributed by atoms with Gasteiger partial charge in [-0.25, -0.2) is 0 Å². The molecule has 0 bridgehead atoms. The van der Waals surface area contributed by atoms with E-state index in [0.717, 1.165) is 11.3 Å². The van der Waals surface area contributed by atoms with Crippen LogP contribution in [0.2, 0.25) is 5.02 Å². The van der Waals surface area contributed by atoms with Gasteiger partial charge >= 0.3 is 0 Å². The Hall–Kier alpha value is -0.690. The van der Waals surface area contributed by atoms with Gasteiger partial charge in [0.1, 0.15) is 5.75 Å². The summed E-state index contributed by atoms with van der Waals surface area (Å²) < 4.78 is 5.04. The second-order valence-electron chi connectivity index (χ2n) is 2.09. The molecule has 0 atom stereocenters. The van der Waals surface area contributed by atoms with Gasteiger partial charge in [0.25, 0.3) is 0 Å². The summed E-state index contributed by atoms with van der Waals surface area (Å²) in [5.41, 5.74) is 1.06. The molecule has 0 aromatic heterocycles. The average Bonchev–Trinajstić information content (AvgIpc) is 1.88. The van der Waals surface area contributed by atoms with Crippen LogP contribution >= 0.6 is 11.6 Å². The molecule has 0 aliphatic carbocycles. The molecule has 0 saturated carbocycles. The van der Waals surface area contributed by atoms with Gasteiger partial charge in [0, 0.05) is 0 Å². The maximum atomic E-state index is 5.80. The van der Waals surface area contributed by atoms with E-state index in [4.69, 9.17) is 16.3 Å². The van der Waals surface area contributed by atoms with E-state index >= 15 is 0 Å². The Kier molecular flexibility index (Phi) is 2.17. The second kappa shape index (κ2) is 2.93. The van der Waals surface area contributed by atoms with Crippen LogP contribution in [0.4, 0.5) is 0 Å². The minimum Gasteiger partial charge on any atom is -0.495 e. The van der Waals surface area contributed by atoms with Crippen LogP contribution in [-0.4, -0.2) is 7.11 Å². The van der Waals surface area contributed by atoms with Crippen molar-refractivity contribution in [3.63, 3.8) is 0 Å². The molecule has 0 unspecified atom stereocenters. The van der Waals surface area contributed by atoms with E-state index in [0.29, 0.717) is 5.02 Å². The van der Waals surface area contributed by atoms with Gasteiger partial charge in [0.05, 0.1) is 12.1 Å². The molecule has 1 aromatic rings. The van der Waals surface area contributed by atoms with Crippen molar-refractivity contribution in [2.75, 3.05) is 7.11 Å². The van der Waals surface area contributed by atoms with E-state index in [1.54, 1.807) is 7.11 Å². The fourth-order valence-electron chi connectivity index (χ4n) is 0.875. The lowest BCUT2D eigenvalue weighted by molar-refractivity contribution is 0.412. The Balaban J connectivity index is 3.17. The molecule has 0 saturated heterocycles. The maximum absolute atomic E-state index is 5.80. The van der Waals surface area contributed by atoms with Crippen molar-refractivity contribution < 1.29 is 4.74 Å². The van der Waals surface area contributed by atoms with Crippen LogP contribution in [0.15, 0.2) is 18.2 Å². The van der Waals surface area contributed by atoms with Gasteiger partial charge < -0.3 is 4.74 Å². The zero-order valence-corrected chi connectivity index (χ0v) is 6.77. The molecule has 0 fully saturated rings. The summed E-state index contributed by atoms with van der Waals surface area (Å²) in [6.07, 6.45) is 0. The summed E-state index contributed by atoms with van der Waals surface area (Å²) in [6, 6.07) is 5.68. The summed E-state index contributed by atoms with van der Waals surface area (Å²) in [7, 11) is 1.62. The van der Waals surface area contributed by atoms with E-state index in [1.165, 1.54) is 0 Å². The van der Waals surface area contributed by atoms with E-state index in [2.05, 4.69) is 0 Å². The first-order chi connectivity index (χ1) is 4.75. The van der Waals surface area contributed by atoms with Crippen LogP contribution in [0.25, 0.3) is 0 Å². The summed E-state index contributed by atoms with van der Waals surface area (Å²) in [5.74, 6) is 0.768. The zero-order valence-electron chi connectivity index (χ0n) is 6.02. The number of halogens is 1. The van der Waals surface area contributed by atoms with Crippen LogP contribution < -0.4 is 4.74 Å². The first kappa shape index (κ1) is 7.42. The summed E-state index contributed by atoms with van der Waals surface area (Å²) in [5, 5.41) is 0.669. The quantitative estimate of drug-likeness (QED) is 0.608. The lowest BCUT2D eigenvalue weighted by Gasteiger charge is -2.04. The topological polar surface area (TPSA) is 9.23 Å². The van der Waals surface area contributed by atoms with Gasteiger partial charge in [-0.3, -0.25) is 0 Å². The Labute approximate surface area is 65.6 Å². The fraction of sp³-hybridized carbons (Fsp3) is 0.250. The Morgan fingerprint density at radius 3 is 2.50 bits per heavy atom. The maximum Gasteiger partial charge on any atom is 0.140 e. The van der Waals surface area contributed by atoms with Gasteiger partial charge in [-0.1, -0.05) is 23.7 Å². The third-order valence-corrected chi connectivity index (χ3v) is 1.67. The lowest BCUT2D eigenvalue weighted by atomic mass is 10.2. The van der Waals surface area contributed by atoms with Crippen molar-refractivity contribution >= 4 is 11.6 Å². The third-order valence-electron chi connectivity index (χ3n) is 1.37. The number of para-hydroxylation sites is 1. The summed E-state index contributed by atoms with van der Waals surface area (Å²) in [4.78, 5) is 0. The van der Waals surface area contributed by atoms with Gasteiger partial charge in [-0.15, -0.1) is 0 Å². The fourth-order valence-corrected chi connectivity index (χ4v) is 1.17. The normalized spacial score (nSPS) is 9.50. The summed E-state index contributed by atoms with van der Waals surface area (Å²) in [6.45, 7) is 1.96. The van der Waals surface area contributed by atoms with Crippen molar-refractivity contribution in [3.05, 3.63) is 28.8 Å². The number of benzene rings is 1. The second-order valence-corrected chi connectivity index (χ2v) is 2.50. The molecule has 1 rings (SSSR count). The highest BCUT2D eigenvalue weighted by atomic mass is 35.5. The molecule has 0 spiro atoms. The predicted molar refractivity (Wildman–Crippen MR) is 42.7 cm³/mol. The highest BCUT2D eigenvalue weighted by Gasteiger charge is 2.00. The number of rotatable bonds is 1. The molecular formula is C8H9ClO. The molecular weight excluding hydrogens is 148 g/mol.